The molecule has 0 aromatic rings. The standard InChI is InChI=1S/C15H30N2O2S/c1-13-5-4-6-15(9-13,11-16-3)12-17-7-8-20(18,19)10-14(17)2/h13-14,16H,4-12H2,1-3H3. The molecule has 1 aliphatic heterocycles. The fraction of sp³-hybridized carbons (Fsp3) is 1.00. The summed E-state index contributed by atoms with van der Waals surface area (Å²) in [5.74, 6) is 1.46. The van der Waals surface area contributed by atoms with E-state index in [0.29, 0.717) is 23.5 Å². The van der Waals surface area contributed by atoms with Crippen molar-refractivity contribution < 1.29 is 8.42 Å². The minimum Gasteiger partial charge on any atom is -0.319 e. The van der Waals surface area contributed by atoms with Crippen molar-refractivity contribution in [2.45, 2.75) is 45.6 Å². The predicted molar refractivity (Wildman–Crippen MR) is 83.7 cm³/mol. The molecule has 1 heterocycles. The number of nitrogens with one attached hydrogen (secondary N) is 1. The zero-order valence-corrected chi connectivity index (χ0v) is 14.0. The molecule has 0 bridgehead atoms. The average molecular weight is 302 g/mol. The van der Waals surface area contributed by atoms with Crippen molar-refractivity contribution in [1.29, 1.82) is 0 Å². The monoisotopic (exact) mass is 302 g/mol. The van der Waals surface area contributed by atoms with Gasteiger partial charge in [-0.05, 0) is 38.1 Å². The van der Waals surface area contributed by atoms with Crippen LogP contribution in [0.5, 0.6) is 0 Å². The van der Waals surface area contributed by atoms with Crippen LogP contribution in [0.2, 0.25) is 0 Å². The fourth-order valence-corrected chi connectivity index (χ4v) is 5.83. The van der Waals surface area contributed by atoms with E-state index in [1.165, 1.54) is 25.7 Å². The molecule has 3 atom stereocenters. The Kier molecular flexibility index (Phi) is 5.14. The molecule has 20 heavy (non-hydrogen) atoms. The highest BCUT2D eigenvalue weighted by Crippen LogP contribution is 2.40. The number of nitrogens with zero attached hydrogens (tertiary/aromatic N) is 1. The van der Waals surface area contributed by atoms with Gasteiger partial charge >= 0.3 is 0 Å². The molecular weight excluding hydrogens is 272 g/mol. The SMILES string of the molecule is CNCC1(CN2CCS(=O)(=O)CC2C)CCCC(C)C1. The van der Waals surface area contributed by atoms with Crippen molar-refractivity contribution in [3.8, 4) is 0 Å². The minimum absolute atomic E-state index is 0.166. The molecule has 0 aromatic heterocycles. The minimum atomic E-state index is -2.81. The summed E-state index contributed by atoms with van der Waals surface area (Å²) in [6.07, 6.45) is 5.19. The molecule has 1 saturated heterocycles. The molecule has 0 radical (unpaired) electrons. The predicted octanol–water partition coefficient (Wildman–Crippen LogP) is 1.52. The van der Waals surface area contributed by atoms with E-state index in [1.807, 2.05) is 7.05 Å². The first kappa shape index (κ1) is 16.2. The second-order valence-corrected chi connectivity index (χ2v) is 9.39. The molecule has 0 spiro atoms. The fourth-order valence-electron chi connectivity index (χ4n) is 4.20. The first-order valence-corrected chi connectivity index (χ1v) is 9.77. The zero-order chi connectivity index (χ0) is 14.8. The lowest BCUT2D eigenvalue weighted by Gasteiger charge is -2.46. The highest BCUT2D eigenvalue weighted by atomic mass is 32.2. The van der Waals surface area contributed by atoms with Gasteiger partial charge < -0.3 is 5.32 Å². The summed E-state index contributed by atoms with van der Waals surface area (Å²) < 4.78 is 23.4. The van der Waals surface area contributed by atoms with Gasteiger partial charge in [-0.25, -0.2) is 8.42 Å². The van der Waals surface area contributed by atoms with Crippen molar-refractivity contribution in [1.82, 2.24) is 10.2 Å². The van der Waals surface area contributed by atoms with Gasteiger partial charge in [0, 0.05) is 25.7 Å². The zero-order valence-electron chi connectivity index (χ0n) is 13.2. The molecule has 2 fully saturated rings. The molecule has 5 heteroatoms. The van der Waals surface area contributed by atoms with Crippen LogP contribution in [0.3, 0.4) is 0 Å². The number of hydrogen-bond acceptors (Lipinski definition) is 4. The number of sulfone groups is 1. The van der Waals surface area contributed by atoms with Gasteiger partial charge in [0.2, 0.25) is 0 Å². The highest BCUT2D eigenvalue weighted by Gasteiger charge is 2.39. The van der Waals surface area contributed by atoms with Crippen LogP contribution in [-0.4, -0.2) is 57.5 Å². The summed E-state index contributed by atoms with van der Waals surface area (Å²) in [5, 5.41) is 3.37. The van der Waals surface area contributed by atoms with Gasteiger partial charge in [0.05, 0.1) is 11.5 Å². The van der Waals surface area contributed by atoms with E-state index in [4.69, 9.17) is 0 Å². The number of rotatable bonds is 4. The molecule has 118 valence electrons. The normalized spacial score (nSPS) is 38.8. The summed E-state index contributed by atoms with van der Waals surface area (Å²) >= 11 is 0. The Morgan fingerprint density at radius 1 is 1.35 bits per heavy atom. The van der Waals surface area contributed by atoms with Crippen molar-refractivity contribution in [2.24, 2.45) is 11.3 Å². The highest BCUT2D eigenvalue weighted by molar-refractivity contribution is 7.91. The maximum Gasteiger partial charge on any atom is 0.153 e. The van der Waals surface area contributed by atoms with Crippen LogP contribution in [0.1, 0.15) is 39.5 Å². The maximum atomic E-state index is 11.7. The van der Waals surface area contributed by atoms with Gasteiger partial charge in [-0.1, -0.05) is 19.8 Å². The van der Waals surface area contributed by atoms with Crippen LogP contribution in [-0.2, 0) is 9.84 Å². The van der Waals surface area contributed by atoms with E-state index in [-0.39, 0.29) is 6.04 Å². The van der Waals surface area contributed by atoms with Gasteiger partial charge in [-0.15, -0.1) is 0 Å². The largest absolute Gasteiger partial charge is 0.319 e. The first-order chi connectivity index (χ1) is 9.36. The molecule has 1 saturated carbocycles. The molecule has 2 aliphatic rings. The van der Waals surface area contributed by atoms with Crippen LogP contribution in [0.4, 0.5) is 0 Å². The van der Waals surface area contributed by atoms with Crippen molar-refractivity contribution in [2.75, 3.05) is 38.2 Å². The second kappa shape index (κ2) is 6.32. The summed E-state index contributed by atoms with van der Waals surface area (Å²) in [7, 11) is -0.773. The summed E-state index contributed by atoms with van der Waals surface area (Å²) in [6.45, 7) is 7.23. The van der Waals surface area contributed by atoms with Crippen molar-refractivity contribution >= 4 is 9.84 Å². The van der Waals surface area contributed by atoms with Gasteiger partial charge in [0.25, 0.3) is 0 Å². The Bertz CT molecular complexity index is 420. The summed E-state index contributed by atoms with van der Waals surface area (Å²) in [4.78, 5) is 2.41. The smallest absolute Gasteiger partial charge is 0.153 e. The molecule has 3 unspecified atom stereocenters. The molecule has 1 aliphatic carbocycles. The first-order valence-electron chi connectivity index (χ1n) is 7.95. The lowest BCUT2D eigenvalue weighted by molar-refractivity contribution is 0.0681. The third kappa shape index (κ3) is 3.95. The second-order valence-electron chi connectivity index (χ2n) is 7.17. The van der Waals surface area contributed by atoms with Crippen LogP contribution in [0.15, 0.2) is 0 Å². The lowest BCUT2D eigenvalue weighted by Crippen LogP contribution is -2.53. The van der Waals surface area contributed by atoms with Gasteiger partial charge in [-0.2, -0.15) is 0 Å². The molecule has 2 rings (SSSR count). The molecule has 4 nitrogen and oxygen atoms in total. The van der Waals surface area contributed by atoms with E-state index in [2.05, 4.69) is 24.1 Å². The third-order valence-electron chi connectivity index (χ3n) is 5.08. The van der Waals surface area contributed by atoms with Crippen molar-refractivity contribution in [3.05, 3.63) is 0 Å². The van der Waals surface area contributed by atoms with Crippen molar-refractivity contribution in [3.63, 3.8) is 0 Å². The van der Waals surface area contributed by atoms with Crippen LogP contribution < -0.4 is 5.32 Å². The van der Waals surface area contributed by atoms with E-state index in [9.17, 15) is 8.42 Å². The summed E-state index contributed by atoms with van der Waals surface area (Å²) in [6, 6.07) is 0.166. The summed E-state index contributed by atoms with van der Waals surface area (Å²) in [5.41, 5.74) is 0.335. The Morgan fingerprint density at radius 2 is 2.10 bits per heavy atom. The van der Waals surface area contributed by atoms with E-state index in [0.717, 1.165) is 19.0 Å². The van der Waals surface area contributed by atoms with E-state index >= 15 is 0 Å². The van der Waals surface area contributed by atoms with Crippen LogP contribution in [0.25, 0.3) is 0 Å². The van der Waals surface area contributed by atoms with Gasteiger partial charge in [0.15, 0.2) is 9.84 Å². The maximum absolute atomic E-state index is 11.7. The topological polar surface area (TPSA) is 49.4 Å². The Labute approximate surface area is 124 Å². The average Bonchev–Trinajstić information content (AvgIpc) is 2.33. The number of hydrogen-bond donors (Lipinski definition) is 1. The third-order valence-corrected chi connectivity index (χ3v) is 6.88. The Balaban J connectivity index is 2.05. The van der Waals surface area contributed by atoms with Gasteiger partial charge in [-0.3, -0.25) is 4.90 Å². The Morgan fingerprint density at radius 3 is 2.70 bits per heavy atom. The molecule has 1 N–H and O–H groups in total. The molecule has 0 aromatic carbocycles. The molecule has 0 amide bonds. The van der Waals surface area contributed by atoms with E-state index in [1.54, 1.807) is 0 Å². The van der Waals surface area contributed by atoms with Crippen LogP contribution in [0, 0.1) is 11.3 Å². The van der Waals surface area contributed by atoms with Crippen LogP contribution >= 0.6 is 0 Å². The lowest BCUT2D eigenvalue weighted by atomic mass is 9.69. The quantitative estimate of drug-likeness (QED) is 0.855. The van der Waals surface area contributed by atoms with E-state index < -0.39 is 9.84 Å². The molecular formula is C15H30N2O2S. The van der Waals surface area contributed by atoms with Gasteiger partial charge in [0.1, 0.15) is 0 Å². The Hall–Kier alpha value is -0.130.